The van der Waals surface area contributed by atoms with Crippen molar-refractivity contribution in [3.8, 4) is 0 Å². The van der Waals surface area contributed by atoms with Gasteiger partial charge in [-0.05, 0) is 50.8 Å². The van der Waals surface area contributed by atoms with Gasteiger partial charge >= 0.3 is 0 Å². The molecule has 3 atom stereocenters. The summed E-state index contributed by atoms with van der Waals surface area (Å²) in [5.41, 5.74) is 0.771. The molecule has 3 fully saturated rings. The number of rotatable bonds is 2. The topological polar surface area (TPSA) is 32.3 Å². The molecule has 2 heterocycles. The van der Waals surface area contributed by atoms with Gasteiger partial charge in [0.05, 0.1) is 0 Å². The molecule has 0 spiro atoms. The summed E-state index contributed by atoms with van der Waals surface area (Å²) in [5, 5.41) is 3.23. The van der Waals surface area contributed by atoms with Gasteiger partial charge in [-0.1, -0.05) is 18.2 Å². The van der Waals surface area contributed by atoms with E-state index < -0.39 is 0 Å². The van der Waals surface area contributed by atoms with Crippen LogP contribution in [-0.2, 0) is 0 Å². The summed E-state index contributed by atoms with van der Waals surface area (Å²) in [6, 6.07) is 10.5. The Labute approximate surface area is 115 Å². The molecule has 1 saturated carbocycles. The van der Waals surface area contributed by atoms with Gasteiger partial charge in [0.1, 0.15) is 0 Å². The Bertz CT molecular complexity index is 445. The van der Waals surface area contributed by atoms with Crippen LogP contribution in [0.15, 0.2) is 30.3 Å². The summed E-state index contributed by atoms with van der Waals surface area (Å²) in [6.45, 7) is 1.20. The van der Waals surface area contributed by atoms with Crippen molar-refractivity contribution in [1.29, 1.82) is 0 Å². The van der Waals surface area contributed by atoms with E-state index in [9.17, 15) is 4.79 Å². The zero-order valence-corrected chi connectivity index (χ0v) is 11.5. The number of nitrogens with one attached hydrogen (secondary N) is 1. The van der Waals surface area contributed by atoms with Crippen LogP contribution in [0, 0.1) is 5.92 Å². The van der Waals surface area contributed by atoms with Crippen molar-refractivity contribution in [1.82, 2.24) is 10.2 Å². The second-order valence-electron chi connectivity index (χ2n) is 6.04. The highest BCUT2D eigenvalue weighted by Gasteiger charge is 2.34. The molecular formula is C16H22N2O. The lowest BCUT2D eigenvalue weighted by Crippen LogP contribution is -2.39. The van der Waals surface area contributed by atoms with Crippen LogP contribution in [0.3, 0.4) is 0 Å². The molecule has 1 aromatic carbocycles. The van der Waals surface area contributed by atoms with Crippen molar-refractivity contribution < 1.29 is 4.79 Å². The summed E-state index contributed by atoms with van der Waals surface area (Å²) in [7, 11) is 2.22. The van der Waals surface area contributed by atoms with E-state index in [0.717, 1.165) is 24.3 Å². The Hall–Kier alpha value is -1.35. The average Bonchev–Trinajstić information content (AvgIpc) is 2.70. The number of fused-ring (bicyclic) bond motifs is 4. The molecule has 2 bridgehead atoms. The third kappa shape index (κ3) is 2.81. The maximum absolute atomic E-state index is 12.2. The summed E-state index contributed by atoms with van der Waals surface area (Å²) in [4.78, 5) is 14.7. The van der Waals surface area contributed by atoms with Gasteiger partial charge in [-0.2, -0.15) is 0 Å². The van der Waals surface area contributed by atoms with Crippen molar-refractivity contribution in [2.24, 2.45) is 5.92 Å². The van der Waals surface area contributed by atoms with Crippen LogP contribution in [0.4, 0.5) is 0 Å². The normalized spacial score (nSPS) is 30.9. The number of hydrogen-bond acceptors (Lipinski definition) is 2. The first-order valence-electron chi connectivity index (χ1n) is 7.28. The molecule has 3 heteroatoms. The van der Waals surface area contributed by atoms with Crippen LogP contribution in [0.5, 0.6) is 0 Å². The number of nitrogens with zero attached hydrogens (tertiary/aromatic N) is 1. The lowest BCUT2D eigenvalue weighted by molar-refractivity contribution is 0.0930. The zero-order chi connectivity index (χ0) is 13.2. The van der Waals surface area contributed by atoms with Crippen molar-refractivity contribution in [3.05, 3.63) is 35.9 Å². The molecular weight excluding hydrogens is 236 g/mol. The highest BCUT2D eigenvalue weighted by molar-refractivity contribution is 5.94. The van der Waals surface area contributed by atoms with Crippen LogP contribution in [0.2, 0.25) is 0 Å². The SMILES string of the molecule is CN1C[C@H]2CC[C@H]1C[C@H](NC(=O)c1ccccc1)C2. The number of hydrogen-bond donors (Lipinski definition) is 1. The minimum atomic E-state index is 0.0783. The number of piperidine rings is 1. The molecule has 102 valence electrons. The van der Waals surface area contributed by atoms with E-state index in [0.29, 0.717) is 12.1 Å². The van der Waals surface area contributed by atoms with Gasteiger partial charge in [0.25, 0.3) is 5.91 Å². The molecule has 1 aliphatic carbocycles. The van der Waals surface area contributed by atoms with Crippen LogP contribution in [0.1, 0.15) is 36.0 Å². The van der Waals surface area contributed by atoms with Gasteiger partial charge < -0.3 is 10.2 Å². The molecule has 3 aliphatic rings. The summed E-state index contributed by atoms with van der Waals surface area (Å²) < 4.78 is 0. The van der Waals surface area contributed by atoms with Crippen LogP contribution in [0.25, 0.3) is 0 Å². The monoisotopic (exact) mass is 258 g/mol. The number of benzene rings is 1. The predicted octanol–water partition coefficient (Wildman–Crippen LogP) is 2.29. The fraction of sp³-hybridized carbons (Fsp3) is 0.562. The first kappa shape index (κ1) is 12.7. The smallest absolute Gasteiger partial charge is 0.251 e. The number of amides is 1. The fourth-order valence-electron chi connectivity index (χ4n) is 3.59. The second-order valence-corrected chi connectivity index (χ2v) is 6.04. The van der Waals surface area contributed by atoms with Gasteiger partial charge in [-0.25, -0.2) is 0 Å². The van der Waals surface area contributed by atoms with Crippen molar-refractivity contribution >= 4 is 5.91 Å². The zero-order valence-electron chi connectivity index (χ0n) is 11.5. The number of carbonyl (C=O) groups excluding carboxylic acids is 1. The molecule has 4 rings (SSSR count). The Morgan fingerprint density at radius 3 is 2.74 bits per heavy atom. The van der Waals surface area contributed by atoms with E-state index >= 15 is 0 Å². The molecule has 0 unspecified atom stereocenters. The standard InChI is InChI=1S/C16H22N2O/c1-18-11-12-7-8-15(18)10-14(9-12)17-16(19)13-5-3-2-4-6-13/h2-6,12,14-15H,7-11H2,1H3,(H,17,19)/t12-,14+,15-/m0/s1. The van der Waals surface area contributed by atoms with Gasteiger partial charge in [0, 0.05) is 24.2 Å². The van der Waals surface area contributed by atoms with Crippen molar-refractivity contribution in [3.63, 3.8) is 0 Å². The van der Waals surface area contributed by atoms with Crippen LogP contribution >= 0.6 is 0 Å². The molecule has 2 aliphatic heterocycles. The minimum Gasteiger partial charge on any atom is -0.349 e. The predicted molar refractivity (Wildman–Crippen MR) is 76.1 cm³/mol. The molecule has 1 aromatic rings. The fourth-order valence-corrected chi connectivity index (χ4v) is 3.59. The highest BCUT2D eigenvalue weighted by Crippen LogP contribution is 2.32. The third-order valence-electron chi connectivity index (χ3n) is 4.62. The van der Waals surface area contributed by atoms with Gasteiger partial charge in [0.15, 0.2) is 0 Å². The Morgan fingerprint density at radius 2 is 2.00 bits per heavy atom. The average molecular weight is 258 g/mol. The Morgan fingerprint density at radius 1 is 1.21 bits per heavy atom. The molecule has 1 N–H and O–H groups in total. The summed E-state index contributed by atoms with van der Waals surface area (Å²) >= 11 is 0. The van der Waals surface area contributed by atoms with E-state index in [4.69, 9.17) is 0 Å². The lowest BCUT2D eigenvalue weighted by Gasteiger charge is -2.33. The van der Waals surface area contributed by atoms with Crippen molar-refractivity contribution in [2.75, 3.05) is 13.6 Å². The summed E-state index contributed by atoms with van der Waals surface area (Å²) in [5.74, 6) is 0.833. The summed E-state index contributed by atoms with van der Waals surface area (Å²) in [6.07, 6.45) is 4.86. The third-order valence-corrected chi connectivity index (χ3v) is 4.62. The van der Waals surface area contributed by atoms with E-state index in [1.165, 1.54) is 19.4 Å². The van der Waals surface area contributed by atoms with E-state index in [1.54, 1.807) is 0 Å². The van der Waals surface area contributed by atoms with Gasteiger partial charge in [-0.15, -0.1) is 0 Å². The largest absolute Gasteiger partial charge is 0.349 e. The van der Waals surface area contributed by atoms with E-state index in [2.05, 4.69) is 17.3 Å². The van der Waals surface area contributed by atoms with Crippen molar-refractivity contribution in [2.45, 2.75) is 37.8 Å². The van der Waals surface area contributed by atoms with Gasteiger partial charge in [-0.3, -0.25) is 4.79 Å². The Kier molecular flexibility index (Phi) is 3.56. The maximum atomic E-state index is 12.2. The quantitative estimate of drug-likeness (QED) is 0.882. The molecule has 2 saturated heterocycles. The Balaban J connectivity index is 1.66. The van der Waals surface area contributed by atoms with Crippen LogP contribution in [-0.4, -0.2) is 36.5 Å². The first-order chi connectivity index (χ1) is 9.22. The molecule has 0 radical (unpaired) electrons. The maximum Gasteiger partial charge on any atom is 0.251 e. The van der Waals surface area contributed by atoms with E-state index in [1.807, 2.05) is 30.3 Å². The minimum absolute atomic E-state index is 0.0783. The van der Waals surface area contributed by atoms with Gasteiger partial charge in [0.2, 0.25) is 0 Å². The number of carbonyl (C=O) groups is 1. The molecule has 0 aromatic heterocycles. The lowest BCUT2D eigenvalue weighted by atomic mass is 9.95. The molecule has 1 amide bonds. The molecule has 19 heavy (non-hydrogen) atoms. The second kappa shape index (κ2) is 5.33. The molecule has 3 nitrogen and oxygen atoms in total. The van der Waals surface area contributed by atoms with E-state index in [-0.39, 0.29) is 5.91 Å². The highest BCUT2D eigenvalue weighted by atomic mass is 16.1. The van der Waals surface area contributed by atoms with Crippen LogP contribution < -0.4 is 5.32 Å². The first-order valence-corrected chi connectivity index (χ1v) is 7.28.